The van der Waals surface area contributed by atoms with Crippen LogP contribution in [0.15, 0.2) is 21.8 Å². The summed E-state index contributed by atoms with van der Waals surface area (Å²) in [6.45, 7) is 6.22. The Morgan fingerprint density at radius 2 is 2.00 bits per heavy atom. The van der Waals surface area contributed by atoms with E-state index in [1.165, 1.54) is 32.4 Å². The first-order chi connectivity index (χ1) is 10.2. The maximum absolute atomic E-state index is 11.0. The highest BCUT2D eigenvalue weighted by atomic mass is 19.3. The van der Waals surface area contributed by atoms with Crippen molar-refractivity contribution >= 4 is 12.4 Å². The van der Waals surface area contributed by atoms with Crippen LogP contribution in [-0.4, -0.2) is 38.5 Å². The SMILES string of the molecule is CC(C)(F)F.CN=C/C(C)=C\N=CCC1CCC2(CNC2)C1. The van der Waals surface area contributed by atoms with Crippen molar-refractivity contribution in [2.75, 3.05) is 20.1 Å². The highest BCUT2D eigenvalue weighted by Crippen LogP contribution is 2.45. The molecule has 0 aromatic rings. The summed E-state index contributed by atoms with van der Waals surface area (Å²) >= 11 is 0. The van der Waals surface area contributed by atoms with Crippen LogP contribution in [0.25, 0.3) is 0 Å². The molecule has 2 aliphatic rings. The van der Waals surface area contributed by atoms with Gasteiger partial charge >= 0.3 is 0 Å². The standard InChI is InChI=1S/C14H23N3.C3H6F2/c1-12(8-15-2)9-16-6-4-13-3-5-14(7-13)10-17-11-14;1-3(2,4)5/h6,8-9,13,17H,3-5,7,10-11H2,1-2H3;1-2H3/b12-9-,15-8?,16-6?;. The van der Waals surface area contributed by atoms with Gasteiger partial charge < -0.3 is 5.32 Å². The van der Waals surface area contributed by atoms with Gasteiger partial charge in [0.2, 0.25) is 5.92 Å². The lowest BCUT2D eigenvalue weighted by molar-refractivity contribution is 0.0437. The van der Waals surface area contributed by atoms with Crippen molar-refractivity contribution in [3.05, 3.63) is 11.8 Å². The van der Waals surface area contributed by atoms with Gasteiger partial charge in [0.05, 0.1) is 0 Å². The van der Waals surface area contributed by atoms with E-state index in [0.29, 0.717) is 5.41 Å². The van der Waals surface area contributed by atoms with Crippen LogP contribution in [0.4, 0.5) is 8.78 Å². The minimum absolute atomic E-state index is 0.666. The summed E-state index contributed by atoms with van der Waals surface area (Å²) in [5.74, 6) is -1.64. The predicted octanol–water partition coefficient (Wildman–Crippen LogP) is 4.10. The lowest BCUT2D eigenvalue weighted by Gasteiger charge is -2.39. The largest absolute Gasteiger partial charge is 0.316 e. The maximum atomic E-state index is 11.0. The van der Waals surface area contributed by atoms with E-state index in [2.05, 4.69) is 21.5 Å². The van der Waals surface area contributed by atoms with Crippen LogP contribution in [0.2, 0.25) is 0 Å². The third kappa shape index (κ3) is 7.78. The Kier molecular flexibility index (Phi) is 7.33. The molecule has 0 aromatic heterocycles. The molecule has 0 radical (unpaired) electrons. The zero-order valence-electron chi connectivity index (χ0n) is 14.2. The van der Waals surface area contributed by atoms with Gasteiger partial charge in [-0.2, -0.15) is 0 Å². The number of alkyl halides is 2. The molecular formula is C17H29F2N3. The van der Waals surface area contributed by atoms with Gasteiger partial charge in [-0.3, -0.25) is 9.98 Å². The molecule has 0 bridgehead atoms. The first-order valence-electron chi connectivity index (χ1n) is 7.93. The van der Waals surface area contributed by atoms with Crippen LogP contribution in [0.1, 0.15) is 46.5 Å². The molecule has 0 amide bonds. The molecule has 1 saturated heterocycles. The van der Waals surface area contributed by atoms with E-state index in [-0.39, 0.29) is 0 Å². The average molecular weight is 313 g/mol. The summed E-state index contributed by atoms with van der Waals surface area (Å²) in [5.41, 5.74) is 1.77. The molecule has 1 spiro atoms. The summed E-state index contributed by atoms with van der Waals surface area (Å²) in [7, 11) is 1.78. The molecule has 2 rings (SSSR count). The number of hydrogen-bond donors (Lipinski definition) is 1. The monoisotopic (exact) mass is 313 g/mol. The number of aliphatic imine (C=N–C) groups is 2. The van der Waals surface area contributed by atoms with Crippen LogP contribution in [-0.2, 0) is 0 Å². The number of nitrogens with one attached hydrogen (secondary N) is 1. The zero-order chi connectivity index (χ0) is 16.6. The first kappa shape index (κ1) is 18.9. The van der Waals surface area contributed by atoms with Gasteiger partial charge in [-0.15, -0.1) is 0 Å². The van der Waals surface area contributed by atoms with Crippen molar-refractivity contribution in [2.24, 2.45) is 21.3 Å². The van der Waals surface area contributed by atoms with Crippen molar-refractivity contribution in [3.8, 4) is 0 Å². The van der Waals surface area contributed by atoms with Gasteiger partial charge in [-0.1, -0.05) is 0 Å². The van der Waals surface area contributed by atoms with E-state index >= 15 is 0 Å². The smallest absolute Gasteiger partial charge is 0.242 e. The van der Waals surface area contributed by atoms with E-state index in [9.17, 15) is 8.78 Å². The van der Waals surface area contributed by atoms with Crippen molar-refractivity contribution < 1.29 is 8.78 Å². The number of nitrogens with zero attached hydrogens (tertiary/aromatic N) is 2. The second kappa shape index (κ2) is 8.51. The molecule has 22 heavy (non-hydrogen) atoms. The van der Waals surface area contributed by atoms with Crippen molar-refractivity contribution in [1.29, 1.82) is 0 Å². The molecule has 5 heteroatoms. The quantitative estimate of drug-likeness (QED) is 0.779. The van der Waals surface area contributed by atoms with E-state index in [1.54, 1.807) is 7.05 Å². The second-order valence-electron chi connectivity index (χ2n) is 6.87. The van der Waals surface area contributed by atoms with Gasteiger partial charge in [0, 0.05) is 38.8 Å². The lowest BCUT2D eigenvalue weighted by Crippen LogP contribution is -2.51. The Morgan fingerprint density at radius 3 is 2.45 bits per heavy atom. The maximum Gasteiger partial charge on any atom is 0.242 e. The van der Waals surface area contributed by atoms with Gasteiger partial charge in [-0.25, -0.2) is 8.78 Å². The molecule has 1 heterocycles. The number of rotatable bonds is 4. The second-order valence-corrected chi connectivity index (χ2v) is 6.87. The molecule has 2 fully saturated rings. The molecule has 0 aromatic carbocycles. The Hall–Kier alpha value is -1.10. The molecule has 1 unspecified atom stereocenters. The van der Waals surface area contributed by atoms with Crippen LogP contribution < -0.4 is 5.32 Å². The Labute approximate surface area is 133 Å². The summed E-state index contributed by atoms with van der Waals surface area (Å²) in [5, 5.41) is 3.40. The Bertz CT molecular complexity index is 412. The molecule has 1 saturated carbocycles. The third-order valence-corrected chi connectivity index (χ3v) is 3.96. The van der Waals surface area contributed by atoms with E-state index < -0.39 is 5.92 Å². The van der Waals surface area contributed by atoms with Crippen LogP contribution in [0.3, 0.4) is 0 Å². The minimum Gasteiger partial charge on any atom is -0.316 e. The van der Waals surface area contributed by atoms with Gasteiger partial charge in [0.15, 0.2) is 0 Å². The van der Waals surface area contributed by atoms with Crippen LogP contribution in [0, 0.1) is 11.3 Å². The van der Waals surface area contributed by atoms with Gasteiger partial charge in [0.25, 0.3) is 0 Å². The first-order valence-corrected chi connectivity index (χ1v) is 7.93. The fraction of sp³-hybridized carbons (Fsp3) is 0.765. The normalized spacial score (nSPS) is 24.6. The summed E-state index contributed by atoms with van der Waals surface area (Å²) in [6.07, 6.45) is 11.1. The number of halogens is 2. The predicted molar refractivity (Wildman–Crippen MR) is 90.2 cm³/mol. The molecule has 1 aliphatic heterocycles. The summed E-state index contributed by atoms with van der Waals surface area (Å²) in [4.78, 5) is 8.31. The Balaban J connectivity index is 0.000000422. The highest BCUT2D eigenvalue weighted by Gasteiger charge is 2.42. The average Bonchev–Trinajstić information content (AvgIpc) is 2.77. The van der Waals surface area contributed by atoms with Crippen LogP contribution in [0.5, 0.6) is 0 Å². The summed E-state index contributed by atoms with van der Waals surface area (Å²) in [6, 6.07) is 0. The molecule has 1 atom stereocenters. The van der Waals surface area contributed by atoms with Crippen molar-refractivity contribution in [3.63, 3.8) is 0 Å². The van der Waals surface area contributed by atoms with E-state index in [0.717, 1.165) is 31.8 Å². The Morgan fingerprint density at radius 1 is 1.36 bits per heavy atom. The fourth-order valence-electron chi connectivity index (χ4n) is 2.94. The number of allylic oxidation sites excluding steroid dienone is 1. The molecule has 3 nitrogen and oxygen atoms in total. The van der Waals surface area contributed by atoms with Gasteiger partial charge in [-0.05, 0) is 63.4 Å². The van der Waals surface area contributed by atoms with Crippen molar-refractivity contribution in [2.45, 2.75) is 52.4 Å². The lowest BCUT2D eigenvalue weighted by atomic mass is 9.79. The fourth-order valence-corrected chi connectivity index (χ4v) is 2.94. The molecule has 126 valence electrons. The minimum atomic E-state index is -2.50. The highest BCUT2D eigenvalue weighted by molar-refractivity contribution is 5.77. The summed E-state index contributed by atoms with van der Waals surface area (Å²) < 4.78 is 22.0. The number of hydrogen-bond acceptors (Lipinski definition) is 3. The van der Waals surface area contributed by atoms with E-state index in [4.69, 9.17) is 0 Å². The van der Waals surface area contributed by atoms with E-state index in [1.807, 2.05) is 19.3 Å². The van der Waals surface area contributed by atoms with Gasteiger partial charge in [0.1, 0.15) is 0 Å². The zero-order valence-corrected chi connectivity index (χ0v) is 14.2. The third-order valence-electron chi connectivity index (χ3n) is 3.96. The van der Waals surface area contributed by atoms with Crippen LogP contribution >= 0.6 is 0 Å². The van der Waals surface area contributed by atoms with Crippen molar-refractivity contribution in [1.82, 2.24) is 5.32 Å². The topological polar surface area (TPSA) is 36.8 Å². The molecule has 1 N–H and O–H groups in total. The molecular weight excluding hydrogens is 284 g/mol. The molecule has 1 aliphatic carbocycles.